The van der Waals surface area contributed by atoms with Crippen molar-refractivity contribution >= 4 is 46.0 Å². The first-order valence-corrected chi connectivity index (χ1v) is 10.6. The number of nitrogens with zero attached hydrogens (tertiary/aromatic N) is 2. The fraction of sp³-hybridized carbons (Fsp3) is 0.381. The van der Waals surface area contributed by atoms with Crippen LogP contribution in [0.5, 0.6) is 5.75 Å². The van der Waals surface area contributed by atoms with Crippen LogP contribution in [0.4, 0.5) is 10.6 Å². The van der Waals surface area contributed by atoms with Gasteiger partial charge in [0.15, 0.2) is 16.7 Å². The molecule has 0 spiro atoms. The maximum Gasteiger partial charge on any atom is 0.407 e. The zero-order valence-electron chi connectivity index (χ0n) is 17.6. The van der Waals surface area contributed by atoms with E-state index in [9.17, 15) is 4.79 Å². The van der Waals surface area contributed by atoms with Gasteiger partial charge in [0.2, 0.25) is 5.28 Å². The van der Waals surface area contributed by atoms with E-state index in [0.717, 1.165) is 11.9 Å². The lowest BCUT2D eigenvalue weighted by molar-refractivity contribution is 0.0520. The Labute approximate surface area is 190 Å². The van der Waals surface area contributed by atoms with Crippen molar-refractivity contribution in [1.82, 2.24) is 20.3 Å². The van der Waals surface area contributed by atoms with Crippen molar-refractivity contribution in [3.8, 4) is 5.75 Å². The molecule has 3 rings (SSSR count). The second-order valence-corrected chi connectivity index (χ2v) is 8.47. The van der Waals surface area contributed by atoms with E-state index in [1.165, 1.54) is 10.9 Å². The van der Waals surface area contributed by atoms with Gasteiger partial charge in [-0.05, 0) is 50.4 Å². The van der Waals surface area contributed by atoms with Crippen LogP contribution >= 0.6 is 23.2 Å². The van der Waals surface area contributed by atoms with Crippen LogP contribution < -0.4 is 15.4 Å². The number of rotatable bonds is 8. The predicted molar refractivity (Wildman–Crippen MR) is 122 cm³/mol. The fourth-order valence-corrected chi connectivity index (χ4v) is 3.36. The molecule has 2 aromatic heterocycles. The first-order chi connectivity index (χ1) is 14.7. The Bertz CT molecular complexity index is 1050. The molecule has 0 aliphatic heterocycles. The number of halogens is 2. The Morgan fingerprint density at radius 1 is 1.16 bits per heavy atom. The first-order valence-electron chi connectivity index (χ1n) is 9.84. The van der Waals surface area contributed by atoms with Crippen LogP contribution in [0, 0.1) is 0 Å². The highest BCUT2D eigenvalue weighted by Crippen LogP contribution is 2.31. The largest absolute Gasteiger partial charge is 0.485 e. The third kappa shape index (κ3) is 6.63. The highest BCUT2D eigenvalue weighted by atomic mass is 35.5. The molecule has 1 amide bonds. The molecule has 0 saturated carbocycles. The molecular formula is C21H25Cl2N5O3. The summed E-state index contributed by atoms with van der Waals surface area (Å²) in [6.07, 6.45) is 2.22. The van der Waals surface area contributed by atoms with Gasteiger partial charge in [0, 0.05) is 23.6 Å². The van der Waals surface area contributed by atoms with Crippen LogP contribution in [-0.2, 0) is 11.2 Å². The van der Waals surface area contributed by atoms with Crippen LogP contribution in [0.2, 0.25) is 10.4 Å². The molecule has 0 unspecified atom stereocenters. The number of amides is 1. The van der Waals surface area contributed by atoms with Crippen molar-refractivity contribution in [3.63, 3.8) is 0 Å². The van der Waals surface area contributed by atoms with E-state index >= 15 is 0 Å². The molecule has 3 aromatic rings. The van der Waals surface area contributed by atoms with Gasteiger partial charge in [0.1, 0.15) is 12.2 Å². The molecule has 0 atom stereocenters. The average Bonchev–Trinajstić information content (AvgIpc) is 3.08. The van der Waals surface area contributed by atoms with Crippen LogP contribution in [0.3, 0.4) is 0 Å². The lowest BCUT2D eigenvalue weighted by atomic mass is 10.1. The van der Waals surface area contributed by atoms with Gasteiger partial charge < -0.3 is 25.1 Å². The molecule has 0 bridgehead atoms. The topological polar surface area (TPSA) is 101 Å². The number of anilines is 1. The fourth-order valence-electron chi connectivity index (χ4n) is 2.92. The zero-order chi connectivity index (χ0) is 22.4. The standard InChI is InChI=1S/C21H25Cl2N5O3/c1-21(2,3)31-20(29)25-10-11-30-16-17(22)27-19(23)28-18(16)24-9-8-13-12-26-15-7-5-4-6-14(13)15/h4-7,12,26H,8-11H2,1-3H3,(H,25,29)(H,24,27,28). The highest BCUT2D eigenvalue weighted by Gasteiger charge is 2.17. The molecule has 10 heteroatoms. The summed E-state index contributed by atoms with van der Waals surface area (Å²) in [4.78, 5) is 23.1. The van der Waals surface area contributed by atoms with Crippen molar-refractivity contribution in [3.05, 3.63) is 46.5 Å². The maximum atomic E-state index is 11.7. The van der Waals surface area contributed by atoms with Gasteiger partial charge >= 0.3 is 6.09 Å². The van der Waals surface area contributed by atoms with E-state index in [-0.39, 0.29) is 29.3 Å². The third-order valence-corrected chi connectivity index (χ3v) is 4.60. The second kappa shape index (κ2) is 10.1. The van der Waals surface area contributed by atoms with Gasteiger partial charge in [-0.2, -0.15) is 4.98 Å². The van der Waals surface area contributed by atoms with Gasteiger partial charge in [-0.3, -0.25) is 0 Å². The van der Waals surface area contributed by atoms with Crippen molar-refractivity contribution in [2.75, 3.05) is 25.0 Å². The lowest BCUT2D eigenvalue weighted by Gasteiger charge is -2.19. The number of alkyl carbamates (subject to hydrolysis) is 1. The van der Waals surface area contributed by atoms with Crippen molar-refractivity contribution in [1.29, 1.82) is 0 Å². The molecule has 31 heavy (non-hydrogen) atoms. The van der Waals surface area contributed by atoms with Crippen LogP contribution in [0.25, 0.3) is 10.9 Å². The summed E-state index contributed by atoms with van der Waals surface area (Å²) in [5, 5.41) is 7.10. The molecule has 3 N–H and O–H groups in total. The van der Waals surface area contributed by atoms with E-state index < -0.39 is 11.7 Å². The molecule has 166 valence electrons. The van der Waals surface area contributed by atoms with Gasteiger partial charge in [0.05, 0.1) is 6.54 Å². The number of hydrogen-bond donors (Lipinski definition) is 3. The Morgan fingerprint density at radius 3 is 2.71 bits per heavy atom. The molecule has 0 fully saturated rings. The van der Waals surface area contributed by atoms with Crippen molar-refractivity contribution in [2.45, 2.75) is 32.8 Å². The molecular weight excluding hydrogens is 441 g/mol. The molecule has 0 saturated heterocycles. The highest BCUT2D eigenvalue weighted by molar-refractivity contribution is 6.33. The van der Waals surface area contributed by atoms with Crippen LogP contribution in [-0.4, -0.2) is 46.3 Å². The Hall–Kier alpha value is -2.71. The van der Waals surface area contributed by atoms with E-state index in [4.69, 9.17) is 32.7 Å². The lowest BCUT2D eigenvalue weighted by Crippen LogP contribution is -2.34. The van der Waals surface area contributed by atoms with Gasteiger partial charge in [-0.15, -0.1) is 0 Å². The quantitative estimate of drug-likeness (QED) is 0.250. The monoisotopic (exact) mass is 465 g/mol. The first kappa shape index (κ1) is 23.0. The minimum Gasteiger partial charge on any atom is -0.485 e. The summed E-state index contributed by atoms with van der Waals surface area (Å²) in [5.41, 5.74) is 1.70. The number of ether oxygens (including phenoxy) is 2. The normalized spacial score (nSPS) is 11.4. The minimum atomic E-state index is -0.569. The number of aromatic amines is 1. The van der Waals surface area contributed by atoms with Gasteiger partial charge in [0.25, 0.3) is 0 Å². The molecule has 0 radical (unpaired) electrons. The van der Waals surface area contributed by atoms with Crippen LogP contribution in [0.1, 0.15) is 26.3 Å². The Balaban J connectivity index is 1.57. The number of hydrogen-bond acceptors (Lipinski definition) is 6. The molecule has 1 aromatic carbocycles. The smallest absolute Gasteiger partial charge is 0.407 e. The number of para-hydroxylation sites is 1. The van der Waals surface area contributed by atoms with E-state index in [0.29, 0.717) is 12.4 Å². The average molecular weight is 466 g/mol. The number of carbonyl (C=O) groups excluding carboxylic acids is 1. The number of fused-ring (bicyclic) bond motifs is 1. The predicted octanol–water partition coefficient (Wildman–Crippen LogP) is 4.82. The molecule has 0 aliphatic carbocycles. The van der Waals surface area contributed by atoms with Crippen LogP contribution in [0.15, 0.2) is 30.5 Å². The molecule has 8 nitrogen and oxygen atoms in total. The second-order valence-electron chi connectivity index (χ2n) is 7.77. The molecule has 2 heterocycles. The number of carbonyl (C=O) groups is 1. The Morgan fingerprint density at radius 2 is 1.94 bits per heavy atom. The minimum absolute atomic E-state index is 0.0128. The van der Waals surface area contributed by atoms with Crippen molar-refractivity contribution in [2.24, 2.45) is 0 Å². The summed E-state index contributed by atoms with van der Waals surface area (Å²) >= 11 is 12.2. The summed E-state index contributed by atoms with van der Waals surface area (Å²) in [5.74, 6) is 0.665. The van der Waals surface area contributed by atoms with Crippen molar-refractivity contribution < 1.29 is 14.3 Å². The summed E-state index contributed by atoms with van der Waals surface area (Å²) in [7, 11) is 0. The zero-order valence-corrected chi connectivity index (χ0v) is 19.1. The Kier molecular flexibility index (Phi) is 7.46. The number of H-pyrrole nitrogens is 1. The number of nitrogens with one attached hydrogen (secondary N) is 3. The third-order valence-electron chi connectivity index (χ3n) is 4.18. The summed E-state index contributed by atoms with van der Waals surface area (Å²) < 4.78 is 10.9. The van der Waals surface area contributed by atoms with E-state index in [2.05, 4.69) is 31.7 Å². The molecule has 0 aliphatic rings. The van der Waals surface area contributed by atoms with Gasteiger partial charge in [-0.25, -0.2) is 9.78 Å². The number of benzene rings is 1. The number of aromatic nitrogens is 3. The van der Waals surface area contributed by atoms with E-state index in [1.54, 1.807) is 20.8 Å². The summed E-state index contributed by atoms with van der Waals surface area (Å²) in [6.45, 7) is 6.34. The summed E-state index contributed by atoms with van der Waals surface area (Å²) in [6, 6.07) is 8.11. The maximum absolute atomic E-state index is 11.7. The van der Waals surface area contributed by atoms with Gasteiger partial charge in [-0.1, -0.05) is 29.8 Å². The van der Waals surface area contributed by atoms with E-state index in [1.807, 2.05) is 24.4 Å². The SMILES string of the molecule is CC(C)(C)OC(=O)NCCOc1c(Cl)nc(Cl)nc1NCCc1c[nH]c2ccccc12.